The number of piperidine rings is 1. The zero-order chi connectivity index (χ0) is 23.4. The van der Waals surface area contributed by atoms with Gasteiger partial charge in [-0.15, -0.1) is 0 Å². The summed E-state index contributed by atoms with van der Waals surface area (Å²) < 4.78 is 28.4. The third-order valence-electron chi connectivity index (χ3n) is 6.61. The Kier molecular flexibility index (Phi) is 5.07. The van der Waals surface area contributed by atoms with Crippen molar-refractivity contribution in [1.82, 2.24) is 9.55 Å². The number of carboxylic acids is 1. The summed E-state index contributed by atoms with van der Waals surface area (Å²) in [4.78, 5) is 31.2. The Morgan fingerprint density at radius 1 is 1.21 bits per heavy atom. The normalized spacial score (nSPS) is 20.2. The van der Waals surface area contributed by atoms with Crippen molar-refractivity contribution in [2.24, 2.45) is 11.8 Å². The Bertz CT molecular complexity index is 1310. The van der Waals surface area contributed by atoms with Gasteiger partial charge in [0, 0.05) is 24.3 Å². The van der Waals surface area contributed by atoms with Crippen molar-refractivity contribution in [1.29, 1.82) is 0 Å². The van der Waals surface area contributed by atoms with Gasteiger partial charge in [0.2, 0.25) is 5.95 Å². The molecule has 3 atom stereocenters. The van der Waals surface area contributed by atoms with Crippen molar-refractivity contribution in [3.05, 3.63) is 63.4 Å². The first-order valence-corrected chi connectivity index (χ1v) is 10.9. The molecule has 0 spiro atoms. The number of aryl methyl sites for hydroxylation is 1. The smallest absolute Gasteiger partial charge is 0.337 e. The zero-order valence-electron chi connectivity index (χ0n) is 18.3. The van der Waals surface area contributed by atoms with E-state index in [4.69, 9.17) is 0 Å². The van der Waals surface area contributed by atoms with Gasteiger partial charge in [-0.25, -0.2) is 14.3 Å². The number of halogens is 2. The van der Waals surface area contributed by atoms with Gasteiger partial charge in [0.15, 0.2) is 0 Å². The second kappa shape index (κ2) is 7.83. The van der Waals surface area contributed by atoms with E-state index in [0.29, 0.717) is 46.3 Å². The summed E-state index contributed by atoms with van der Waals surface area (Å²) in [5, 5.41) is 12.8. The number of aromatic nitrogens is 2. The molecule has 1 aromatic heterocycles. The first-order valence-electron chi connectivity index (χ1n) is 10.9. The van der Waals surface area contributed by atoms with Crippen LogP contribution >= 0.6 is 0 Å². The van der Waals surface area contributed by atoms with E-state index in [0.717, 1.165) is 12.0 Å². The van der Waals surface area contributed by atoms with E-state index in [2.05, 4.69) is 10.3 Å². The van der Waals surface area contributed by atoms with Gasteiger partial charge in [-0.05, 0) is 55.9 Å². The van der Waals surface area contributed by atoms with Crippen LogP contribution in [0.1, 0.15) is 47.4 Å². The van der Waals surface area contributed by atoms with Crippen molar-refractivity contribution in [3.8, 4) is 0 Å². The SMILES string of the molecule is Cc1cc(C(C)Nc2ccccc2C(=O)O)c2nc(N3CC4CC4C3)n(C(F)F)c(=O)c2c1. The molecule has 0 amide bonds. The van der Waals surface area contributed by atoms with Gasteiger partial charge >= 0.3 is 12.5 Å². The first kappa shape index (κ1) is 21.4. The lowest BCUT2D eigenvalue weighted by Gasteiger charge is -2.25. The zero-order valence-corrected chi connectivity index (χ0v) is 18.3. The number of para-hydroxylation sites is 1. The highest BCUT2D eigenvalue weighted by Gasteiger charge is 2.46. The molecule has 9 heteroatoms. The van der Waals surface area contributed by atoms with Crippen molar-refractivity contribution in [2.45, 2.75) is 32.9 Å². The fourth-order valence-electron chi connectivity index (χ4n) is 4.87. The van der Waals surface area contributed by atoms with E-state index >= 15 is 0 Å². The van der Waals surface area contributed by atoms with Gasteiger partial charge in [-0.3, -0.25) is 4.79 Å². The summed E-state index contributed by atoms with van der Waals surface area (Å²) >= 11 is 0. The van der Waals surface area contributed by atoms with E-state index in [-0.39, 0.29) is 16.9 Å². The van der Waals surface area contributed by atoms with Crippen molar-refractivity contribution in [2.75, 3.05) is 23.3 Å². The number of anilines is 2. The maximum absolute atomic E-state index is 14.0. The van der Waals surface area contributed by atoms with Crippen molar-refractivity contribution in [3.63, 3.8) is 0 Å². The van der Waals surface area contributed by atoms with Crippen LogP contribution in [0.5, 0.6) is 0 Å². The average molecular weight is 454 g/mol. The summed E-state index contributed by atoms with van der Waals surface area (Å²) in [5.41, 5.74) is 1.50. The molecule has 0 radical (unpaired) electrons. The second-order valence-corrected chi connectivity index (χ2v) is 8.99. The van der Waals surface area contributed by atoms with Gasteiger partial charge < -0.3 is 15.3 Å². The highest BCUT2D eigenvalue weighted by Crippen LogP contribution is 2.46. The van der Waals surface area contributed by atoms with Crippen molar-refractivity contribution < 1.29 is 18.7 Å². The second-order valence-electron chi connectivity index (χ2n) is 8.99. The molecule has 1 aliphatic heterocycles. The largest absolute Gasteiger partial charge is 0.478 e. The van der Waals surface area contributed by atoms with Gasteiger partial charge in [0.05, 0.1) is 22.5 Å². The number of nitrogens with one attached hydrogen (secondary N) is 1. The predicted octanol–water partition coefficient (Wildman–Crippen LogP) is 4.43. The highest BCUT2D eigenvalue weighted by molar-refractivity contribution is 5.94. The summed E-state index contributed by atoms with van der Waals surface area (Å²) in [6, 6.07) is 9.54. The highest BCUT2D eigenvalue weighted by atomic mass is 19.3. The monoisotopic (exact) mass is 454 g/mol. The van der Waals surface area contributed by atoms with Crippen LogP contribution in [0.25, 0.3) is 10.9 Å². The first-order chi connectivity index (χ1) is 15.7. The van der Waals surface area contributed by atoms with E-state index in [9.17, 15) is 23.5 Å². The number of benzene rings is 2. The molecule has 172 valence electrons. The number of carbonyl (C=O) groups is 1. The minimum atomic E-state index is -3.00. The van der Waals surface area contributed by atoms with Crippen LogP contribution in [-0.2, 0) is 0 Å². The number of nitrogens with zero attached hydrogens (tertiary/aromatic N) is 3. The molecule has 1 aliphatic carbocycles. The van der Waals surface area contributed by atoms with Crippen LogP contribution in [0.4, 0.5) is 20.4 Å². The van der Waals surface area contributed by atoms with Gasteiger partial charge in [-0.1, -0.05) is 18.2 Å². The lowest BCUT2D eigenvalue weighted by molar-refractivity contribution is 0.0671. The molecule has 2 N–H and O–H groups in total. The molecule has 1 saturated heterocycles. The lowest BCUT2D eigenvalue weighted by atomic mass is 10.0. The number of hydrogen-bond donors (Lipinski definition) is 2. The number of aromatic carboxylic acids is 1. The van der Waals surface area contributed by atoms with E-state index in [1.54, 1.807) is 36.1 Å². The summed E-state index contributed by atoms with van der Waals surface area (Å²) in [6.45, 7) is 1.86. The Morgan fingerprint density at radius 3 is 2.58 bits per heavy atom. The fraction of sp³-hybridized carbons (Fsp3) is 0.375. The molecule has 3 aromatic rings. The van der Waals surface area contributed by atoms with Crippen molar-refractivity contribution >= 4 is 28.5 Å². The number of fused-ring (bicyclic) bond motifs is 2. The molecule has 2 heterocycles. The van der Waals surface area contributed by atoms with Crippen LogP contribution in [0.15, 0.2) is 41.2 Å². The fourth-order valence-corrected chi connectivity index (χ4v) is 4.87. The Morgan fingerprint density at radius 2 is 1.91 bits per heavy atom. The third kappa shape index (κ3) is 3.71. The molecule has 2 fully saturated rings. The number of alkyl halides is 2. The molecule has 1 saturated carbocycles. The minimum Gasteiger partial charge on any atom is -0.478 e. The summed E-state index contributed by atoms with van der Waals surface area (Å²) in [7, 11) is 0. The van der Waals surface area contributed by atoms with Crippen LogP contribution in [0, 0.1) is 18.8 Å². The summed E-state index contributed by atoms with van der Waals surface area (Å²) in [5.74, 6) is -0.103. The molecule has 2 aliphatic rings. The van der Waals surface area contributed by atoms with Gasteiger partial charge in [0.25, 0.3) is 5.56 Å². The Balaban J connectivity index is 1.64. The van der Waals surface area contributed by atoms with E-state index in [1.807, 2.05) is 13.0 Å². The molecule has 33 heavy (non-hydrogen) atoms. The van der Waals surface area contributed by atoms with Crippen LogP contribution < -0.4 is 15.8 Å². The number of hydrogen-bond acceptors (Lipinski definition) is 5. The standard InChI is InChI=1S/C24H24F2N4O3/c1-12-7-17(13(2)27-19-6-4-3-5-16(19)22(32)33)20-18(8-12)21(31)30(23(25)26)24(28-20)29-10-14-9-15(14)11-29/h3-8,13-15,23,27H,9-11H2,1-2H3,(H,32,33). The maximum atomic E-state index is 14.0. The van der Waals surface area contributed by atoms with Crippen LogP contribution in [0.3, 0.4) is 0 Å². The van der Waals surface area contributed by atoms with Crippen LogP contribution in [-0.4, -0.2) is 33.7 Å². The van der Waals surface area contributed by atoms with Crippen LogP contribution in [0.2, 0.25) is 0 Å². The number of carboxylic acid groups (broad SMARTS) is 1. The Hall–Kier alpha value is -3.49. The molecular weight excluding hydrogens is 430 g/mol. The minimum absolute atomic E-state index is 0.00191. The average Bonchev–Trinajstić information content (AvgIpc) is 3.38. The quantitative estimate of drug-likeness (QED) is 0.573. The predicted molar refractivity (Wildman–Crippen MR) is 121 cm³/mol. The van der Waals surface area contributed by atoms with Gasteiger partial charge in [-0.2, -0.15) is 8.78 Å². The molecule has 0 bridgehead atoms. The van der Waals surface area contributed by atoms with E-state index < -0.39 is 24.1 Å². The molecule has 7 nitrogen and oxygen atoms in total. The topological polar surface area (TPSA) is 87.5 Å². The Labute approximate surface area is 188 Å². The lowest BCUT2D eigenvalue weighted by Crippen LogP contribution is -2.33. The summed E-state index contributed by atoms with van der Waals surface area (Å²) in [6.07, 6.45) is 1.09. The van der Waals surface area contributed by atoms with E-state index in [1.165, 1.54) is 6.07 Å². The number of rotatable bonds is 6. The molecule has 2 aromatic carbocycles. The van der Waals surface area contributed by atoms with Gasteiger partial charge in [0.1, 0.15) is 0 Å². The maximum Gasteiger partial charge on any atom is 0.337 e. The molecule has 3 unspecified atom stereocenters. The molecular formula is C24H24F2N4O3. The molecule has 5 rings (SSSR count). The third-order valence-corrected chi connectivity index (χ3v) is 6.61.